The monoisotopic (exact) mass is 255 g/mol. The van der Waals surface area contributed by atoms with Gasteiger partial charge in [0.2, 0.25) is 0 Å². The normalized spacial score (nSPS) is 23.2. The van der Waals surface area contributed by atoms with Gasteiger partial charge >= 0.3 is 0 Å². The van der Waals surface area contributed by atoms with Crippen LogP contribution in [0.15, 0.2) is 0 Å². The third-order valence-electron chi connectivity index (χ3n) is 4.31. The van der Waals surface area contributed by atoms with Gasteiger partial charge in [0.25, 0.3) is 0 Å². The molecule has 3 unspecified atom stereocenters. The lowest BCUT2D eigenvalue weighted by Crippen LogP contribution is -2.36. The van der Waals surface area contributed by atoms with Crippen LogP contribution in [0.4, 0.5) is 0 Å². The van der Waals surface area contributed by atoms with Crippen molar-refractivity contribution < 1.29 is 4.74 Å². The van der Waals surface area contributed by atoms with E-state index < -0.39 is 0 Å². The van der Waals surface area contributed by atoms with E-state index in [0.717, 1.165) is 19.1 Å². The van der Waals surface area contributed by atoms with Crippen LogP contribution in [0.3, 0.4) is 0 Å². The maximum Gasteiger partial charge on any atom is 0.0576 e. The van der Waals surface area contributed by atoms with Gasteiger partial charge in [0.05, 0.1) is 6.10 Å². The maximum atomic E-state index is 5.75. The second kappa shape index (κ2) is 9.80. The predicted molar refractivity (Wildman–Crippen MR) is 79.0 cm³/mol. The molecule has 1 aliphatic rings. The minimum Gasteiger partial charge on any atom is -0.378 e. The number of unbranched alkanes of at least 4 members (excludes halogenated alkanes) is 1. The molecule has 0 aromatic heterocycles. The fraction of sp³-hybridized carbons (Fsp3) is 1.00. The Labute approximate surface area is 114 Å². The Morgan fingerprint density at radius 3 is 2.61 bits per heavy atom. The topological polar surface area (TPSA) is 21.3 Å². The molecule has 18 heavy (non-hydrogen) atoms. The first kappa shape index (κ1) is 16.0. The van der Waals surface area contributed by atoms with Gasteiger partial charge in [-0.05, 0) is 44.6 Å². The molecular weight excluding hydrogens is 222 g/mol. The summed E-state index contributed by atoms with van der Waals surface area (Å²) in [5.74, 6) is 0.853. The van der Waals surface area contributed by atoms with Crippen molar-refractivity contribution in [1.29, 1.82) is 0 Å². The van der Waals surface area contributed by atoms with E-state index in [4.69, 9.17) is 4.74 Å². The number of hydrogen-bond donors (Lipinski definition) is 1. The summed E-state index contributed by atoms with van der Waals surface area (Å²) in [5.41, 5.74) is 0. The van der Waals surface area contributed by atoms with E-state index >= 15 is 0 Å². The molecule has 0 spiro atoms. The van der Waals surface area contributed by atoms with Gasteiger partial charge in [-0.15, -0.1) is 0 Å². The average molecular weight is 255 g/mol. The smallest absolute Gasteiger partial charge is 0.0576 e. The van der Waals surface area contributed by atoms with Gasteiger partial charge in [-0.2, -0.15) is 0 Å². The minimum absolute atomic E-state index is 0.551. The molecule has 3 atom stereocenters. The molecule has 1 heterocycles. The first-order chi connectivity index (χ1) is 8.81. The molecule has 2 heteroatoms. The van der Waals surface area contributed by atoms with Crippen molar-refractivity contribution in [2.45, 2.75) is 84.3 Å². The van der Waals surface area contributed by atoms with Crippen molar-refractivity contribution in [3.63, 3.8) is 0 Å². The van der Waals surface area contributed by atoms with Crippen molar-refractivity contribution in [3.05, 3.63) is 0 Å². The summed E-state index contributed by atoms with van der Waals surface area (Å²) < 4.78 is 5.75. The van der Waals surface area contributed by atoms with Gasteiger partial charge in [0.15, 0.2) is 0 Å². The van der Waals surface area contributed by atoms with Crippen LogP contribution in [0.25, 0.3) is 0 Å². The van der Waals surface area contributed by atoms with Crippen molar-refractivity contribution >= 4 is 0 Å². The lowest BCUT2D eigenvalue weighted by molar-refractivity contribution is 0.0966. The van der Waals surface area contributed by atoms with Crippen LogP contribution in [0.2, 0.25) is 0 Å². The quantitative estimate of drug-likeness (QED) is 0.633. The van der Waals surface area contributed by atoms with E-state index in [-0.39, 0.29) is 0 Å². The predicted octanol–water partition coefficient (Wildman–Crippen LogP) is 4.14. The number of nitrogens with one attached hydrogen (secondary N) is 1. The summed E-state index contributed by atoms with van der Waals surface area (Å²) >= 11 is 0. The highest BCUT2D eigenvalue weighted by Crippen LogP contribution is 2.24. The summed E-state index contributed by atoms with van der Waals surface area (Å²) in [6.07, 6.45) is 11.0. The largest absolute Gasteiger partial charge is 0.378 e. The molecule has 0 radical (unpaired) electrons. The van der Waals surface area contributed by atoms with Crippen molar-refractivity contribution in [3.8, 4) is 0 Å². The van der Waals surface area contributed by atoms with Crippen LogP contribution >= 0.6 is 0 Å². The van der Waals surface area contributed by atoms with Crippen LogP contribution in [0.5, 0.6) is 0 Å². The Balaban J connectivity index is 2.34. The molecule has 1 saturated heterocycles. The van der Waals surface area contributed by atoms with Gasteiger partial charge in [-0.1, -0.05) is 40.0 Å². The standard InChI is InChI=1S/C16H33NO/c1-4-7-9-14(5-2)16(17-6-3)12-11-15-10-8-13-18-15/h14-17H,4-13H2,1-3H3. The maximum absolute atomic E-state index is 5.75. The van der Waals surface area contributed by atoms with Crippen LogP contribution < -0.4 is 5.32 Å². The van der Waals surface area contributed by atoms with E-state index in [9.17, 15) is 0 Å². The summed E-state index contributed by atoms with van der Waals surface area (Å²) in [6.45, 7) is 8.95. The highest BCUT2D eigenvalue weighted by Gasteiger charge is 2.22. The number of hydrogen-bond acceptors (Lipinski definition) is 2. The molecule has 108 valence electrons. The molecular formula is C16H33NO. The third kappa shape index (κ3) is 5.71. The molecule has 1 fully saturated rings. The highest BCUT2D eigenvalue weighted by molar-refractivity contribution is 4.78. The fourth-order valence-corrected chi connectivity index (χ4v) is 3.16. The summed E-state index contributed by atoms with van der Waals surface area (Å²) in [5, 5.41) is 3.71. The zero-order valence-corrected chi connectivity index (χ0v) is 12.7. The second-order valence-electron chi connectivity index (χ2n) is 5.69. The van der Waals surface area contributed by atoms with Crippen molar-refractivity contribution in [1.82, 2.24) is 5.32 Å². The van der Waals surface area contributed by atoms with E-state index in [0.29, 0.717) is 12.1 Å². The fourth-order valence-electron chi connectivity index (χ4n) is 3.16. The Morgan fingerprint density at radius 2 is 2.06 bits per heavy atom. The van der Waals surface area contributed by atoms with Gasteiger partial charge in [0, 0.05) is 12.6 Å². The first-order valence-corrected chi connectivity index (χ1v) is 8.16. The van der Waals surface area contributed by atoms with E-state index in [1.54, 1.807) is 0 Å². The van der Waals surface area contributed by atoms with Crippen LogP contribution in [0, 0.1) is 5.92 Å². The Morgan fingerprint density at radius 1 is 1.22 bits per heavy atom. The third-order valence-corrected chi connectivity index (χ3v) is 4.31. The summed E-state index contributed by atoms with van der Waals surface area (Å²) in [4.78, 5) is 0. The SMILES string of the molecule is CCCCC(CC)C(CCC1CCCO1)NCC. The molecule has 0 bridgehead atoms. The van der Waals surface area contributed by atoms with Crippen LogP contribution in [-0.2, 0) is 4.74 Å². The molecule has 1 N–H and O–H groups in total. The highest BCUT2D eigenvalue weighted by atomic mass is 16.5. The van der Waals surface area contributed by atoms with Crippen LogP contribution in [0.1, 0.15) is 72.1 Å². The zero-order chi connectivity index (χ0) is 13.2. The lowest BCUT2D eigenvalue weighted by Gasteiger charge is -2.28. The Bertz CT molecular complexity index is 190. The molecule has 0 aromatic carbocycles. The Kier molecular flexibility index (Phi) is 8.70. The second-order valence-corrected chi connectivity index (χ2v) is 5.69. The zero-order valence-electron chi connectivity index (χ0n) is 12.7. The van der Waals surface area contributed by atoms with Crippen molar-refractivity contribution in [2.24, 2.45) is 5.92 Å². The van der Waals surface area contributed by atoms with Gasteiger partial charge in [-0.25, -0.2) is 0 Å². The molecule has 0 aliphatic carbocycles. The van der Waals surface area contributed by atoms with Gasteiger partial charge in [-0.3, -0.25) is 0 Å². The van der Waals surface area contributed by atoms with Crippen molar-refractivity contribution in [2.75, 3.05) is 13.2 Å². The molecule has 1 aliphatic heterocycles. The average Bonchev–Trinajstić information content (AvgIpc) is 2.89. The van der Waals surface area contributed by atoms with E-state index in [2.05, 4.69) is 26.1 Å². The number of rotatable bonds is 10. The molecule has 2 nitrogen and oxygen atoms in total. The Hall–Kier alpha value is -0.0800. The number of ether oxygens (including phenoxy) is 1. The van der Waals surface area contributed by atoms with E-state index in [1.807, 2.05) is 0 Å². The molecule has 0 aromatic rings. The molecule has 1 rings (SSSR count). The molecule has 0 saturated carbocycles. The minimum atomic E-state index is 0.551. The van der Waals surface area contributed by atoms with E-state index in [1.165, 1.54) is 51.4 Å². The van der Waals surface area contributed by atoms with Gasteiger partial charge in [0.1, 0.15) is 0 Å². The summed E-state index contributed by atoms with van der Waals surface area (Å²) in [6, 6.07) is 0.704. The van der Waals surface area contributed by atoms with Crippen LogP contribution in [-0.4, -0.2) is 25.3 Å². The lowest BCUT2D eigenvalue weighted by atomic mass is 9.87. The molecule has 0 amide bonds. The first-order valence-electron chi connectivity index (χ1n) is 8.16. The van der Waals surface area contributed by atoms with Gasteiger partial charge < -0.3 is 10.1 Å². The summed E-state index contributed by atoms with van der Waals surface area (Å²) in [7, 11) is 0.